The van der Waals surface area contributed by atoms with Crippen molar-refractivity contribution >= 4 is 17.4 Å². The third-order valence-electron chi connectivity index (χ3n) is 3.88. The molecule has 7 heteroatoms. The largest absolute Gasteiger partial charge is 0.451 e. The first-order valence-corrected chi connectivity index (χ1v) is 7.94. The lowest BCUT2D eigenvalue weighted by Gasteiger charge is -2.10. The number of nitrogens with one attached hydrogen (secondary N) is 1. The van der Waals surface area contributed by atoms with Crippen LogP contribution >= 0.6 is 0 Å². The summed E-state index contributed by atoms with van der Waals surface area (Å²) in [5.41, 5.74) is -0.0586. The fraction of sp³-hybridized carbons (Fsp3) is 0.100. The summed E-state index contributed by atoms with van der Waals surface area (Å²) in [4.78, 5) is 23.5. The van der Waals surface area contributed by atoms with E-state index in [0.29, 0.717) is 11.3 Å². The standard InChI is InChI=1S/C20H14F3NO3/c1-12(25)13-6-8-14(9-7-13)24-19(26)18-11-10-17(27-18)15-4-2-3-5-16(15)20(21,22)23/h2-11H,1H3,(H,24,26). The van der Waals surface area contributed by atoms with E-state index in [1.165, 1.54) is 37.3 Å². The van der Waals surface area contributed by atoms with Crippen molar-refractivity contribution in [1.82, 2.24) is 0 Å². The third-order valence-corrected chi connectivity index (χ3v) is 3.88. The molecule has 0 unspecified atom stereocenters. The molecule has 1 heterocycles. The molecule has 1 N–H and O–H groups in total. The minimum atomic E-state index is -4.54. The molecule has 0 bridgehead atoms. The minimum Gasteiger partial charge on any atom is -0.451 e. The maximum Gasteiger partial charge on any atom is 0.417 e. The van der Waals surface area contributed by atoms with Crippen molar-refractivity contribution in [3.63, 3.8) is 0 Å². The van der Waals surface area contributed by atoms with Gasteiger partial charge in [-0.25, -0.2) is 0 Å². The highest BCUT2D eigenvalue weighted by atomic mass is 19.4. The first-order valence-electron chi connectivity index (χ1n) is 7.94. The van der Waals surface area contributed by atoms with Crippen LogP contribution in [0.1, 0.15) is 33.4 Å². The lowest BCUT2D eigenvalue weighted by molar-refractivity contribution is -0.137. The Hall–Kier alpha value is -3.35. The Kier molecular flexibility index (Phi) is 4.85. The smallest absolute Gasteiger partial charge is 0.417 e. The van der Waals surface area contributed by atoms with E-state index in [1.54, 1.807) is 24.3 Å². The second-order valence-corrected chi connectivity index (χ2v) is 5.79. The zero-order chi connectivity index (χ0) is 19.6. The van der Waals surface area contributed by atoms with Gasteiger partial charge in [-0.2, -0.15) is 13.2 Å². The number of carbonyl (C=O) groups excluding carboxylic acids is 2. The van der Waals surface area contributed by atoms with Crippen molar-refractivity contribution in [1.29, 1.82) is 0 Å². The normalized spacial score (nSPS) is 11.3. The molecule has 1 amide bonds. The number of alkyl halides is 3. The summed E-state index contributed by atoms with van der Waals surface area (Å²) in [6.45, 7) is 1.43. The molecule has 0 spiro atoms. The number of Topliss-reactive ketones (excluding diaryl/α,β-unsaturated/α-hetero) is 1. The molecule has 138 valence electrons. The molecule has 0 saturated carbocycles. The molecule has 1 aromatic heterocycles. The van der Waals surface area contributed by atoms with Crippen LogP contribution in [0.3, 0.4) is 0 Å². The van der Waals surface area contributed by atoms with Gasteiger partial charge in [0.1, 0.15) is 5.76 Å². The predicted octanol–water partition coefficient (Wildman–Crippen LogP) is 5.42. The van der Waals surface area contributed by atoms with Crippen molar-refractivity contribution in [2.45, 2.75) is 13.1 Å². The highest BCUT2D eigenvalue weighted by Gasteiger charge is 2.34. The zero-order valence-electron chi connectivity index (χ0n) is 14.1. The van der Waals surface area contributed by atoms with E-state index < -0.39 is 17.6 Å². The number of hydrogen-bond acceptors (Lipinski definition) is 3. The van der Waals surface area contributed by atoms with E-state index in [4.69, 9.17) is 4.42 Å². The Morgan fingerprint density at radius 3 is 2.22 bits per heavy atom. The molecule has 27 heavy (non-hydrogen) atoms. The molecule has 0 aliphatic heterocycles. The van der Waals surface area contributed by atoms with E-state index >= 15 is 0 Å². The maximum absolute atomic E-state index is 13.1. The van der Waals surface area contributed by atoms with Crippen LogP contribution in [0, 0.1) is 0 Å². The summed E-state index contributed by atoms with van der Waals surface area (Å²) in [5.74, 6) is -0.897. The molecule has 3 aromatic rings. The average molecular weight is 373 g/mol. The molecule has 0 fully saturated rings. The van der Waals surface area contributed by atoms with Gasteiger partial charge < -0.3 is 9.73 Å². The summed E-state index contributed by atoms with van der Waals surface area (Å²) < 4.78 is 44.7. The van der Waals surface area contributed by atoms with Crippen molar-refractivity contribution in [3.8, 4) is 11.3 Å². The van der Waals surface area contributed by atoms with Crippen LogP contribution in [0.25, 0.3) is 11.3 Å². The summed E-state index contributed by atoms with van der Waals surface area (Å²) >= 11 is 0. The van der Waals surface area contributed by atoms with Gasteiger partial charge in [0.05, 0.1) is 5.56 Å². The molecule has 2 aromatic carbocycles. The number of ketones is 1. The molecule has 3 rings (SSSR count). The van der Waals surface area contributed by atoms with E-state index in [0.717, 1.165) is 6.07 Å². The van der Waals surface area contributed by atoms with Gasteiger partial charge in [0.15, 0.2) is 11.5 Å². The Balaban J connectivity index is 1.82. The summed E-state index contributed by atoms with van der Waals surface area (Å²) in [6, 6.07) is 13.8. The Morgan fingerprint density at radius 2 is 1.59 bits per heavy atom. The third kappa shape index (κ3) is 4.08. The van der Waals surface area contributed by atoms with Gasteiger partial charge >= 0.3 is 6.18 Å². The minimum absolute atomic E-state index is 0.0556. The SMILES string of the molecule is CC(=O)c1ccc(NC(=O)c2ccc(-c3ccccc3C(F)(F)F)o2)cc1. The van der Waals surface area contributed by atoms with Crippen molar-refractivity contribution in [2.24, 2.45) is 0 Å². The summed E-state index contributed by atoms with van der Waals surface area (Å²) in [7, 11) is 0. The van der Waals surface area contributed by atoms with Crippen LogP contribution in [-0.4, -0.2) is 11.7 Å². The Bertz CT molecular complexity index is 988. The van der Waals surface area contributed by atoms with Gasteiger partial charge in [-0.05, 0) is 49.4 Å². The van der Waals surface area contributed by atoms with Gasteiger partial charge in [-0.3, -0.25) is 9.59 Å². The molecular weight excluding hydrogens is 359 g/mol. The maximum atomic E-state index is 13.1. The van der Waals surface area contributed by atoms with E-state index in [9.17, 15) is 22.8 Å². The fourth-order valence-corrected chi connectivity index (χ4v) is 2.53. The number of rotatable bonds is 4. The van der Waals surface area contributed by atoms with E-state index in [-0.39, 0.29) is 22.9 Å². The number of benzene rings is 2. The van der Waals surface area contributed by atoms with Gasteiger partial charge in [-0.15, -0.1) is 0 Å². The first-order chi connectivity index (χ1) is 12.8. The van der Waals surface area contributed by atoms with Crippen LogP contribution in [0.5, 0.6) is 0 Å². The van der Waals surface area contributed by atoms with Crippen LogP contribution in [0.2, 0.25) is 0 Å². The average Bonchev–Trinajstić information content (AvgIpc) is 3.11. The Morgan fingerprint density at radius 1 is 0.926 bits per heavy atom. The van der Waals surface area contributed by atoms with Crippen LogP contribution < -0.4 is 5.32 Å². The molecule has 0 saturated heterocycles. The molecule has 0 aliphatic rings. The quantitative estimate of drug-likeness (QED) is 0.621. The number of hydrogen-bond donors (Lipinski definition) is 1. The second-order valence-electron chi connectivity index (χ2n) is 5.79. The van der Waals surface area contributed by atoms with E-state index in [1.807, 2.05) is 0 Å². The number of amides is 1. The topological polar surface area (TPSA) is 59.3 Å². The summed E-state index contributed by atoms with van der Waals surface area (Å²) in [6.07, 6.45) is -4.54. The highest BCUT2D eigenvalue weighted by Crippen LogP contribution is 2.37. The Labute approximate surface area is 152 Å². The predicted molar refractivity (Wildman–Crippen MR) is 93.5 cm³/mol. The van der Waals surface area contributed by atoms with Crippen LogP contribution in [0.4, 0.5) is 18.9 Å². The van der Waals surface area contributed by atoms with Crippen molar-refractivity contribution in [3.05, 3.63) is 77.6 Å². The molecule has 4 nitrogen and oxygen atoms in total. The molecule has 0 aliphatic carbocycles. The van der Waals surface area contributed by atoms with Gasteiger partial charge in [0, 0.05) is 16.8 Å². The summed E-state index contributed by atoms with van der Waals surface area (Å²) in [5, 5.41) is 2.57. The van der Waals surface area contributed by atoms with Crippen LogP contribution in [-0.2, 0) is 6.18 Å². The number of furan rings is 1. The van der Waals surface area contributed by atoms with E-state index in [2.05, 4.69) is 5.32 Å². The van der Waals surface area contributed by atoms with Gasteiger partial charge in [0.2, 0.25) is 0 Å². The van der Waals surface area contributed by atoms with Crippen LogP contribution in [0.15, 0.2) is 65.1 Å². The molecule has 0 radical (unpaired) electrons. The lowest BCUT2D eigenvalue weighted by Crippen LogP contribution is -2.11. The first kappa shape index (κ1) is 18.4. The second kappa shape index (κ2) is 7.11. The number of carbonyl (C=O) groups is 2. The van der Waals surface area contributed by atoms with Crippen molar-refractivity contribution < 1.29 is 27.2 Å². The zero-order valence-corrected chi connectivity index (χ0v) is 14.1. The number of halogens is 3. The monoisotopic (exact) mass is 373 g/mol. The van der Waals surface area contributed by atoms with Crippen molar-refractivity contribution in [2.75, 3.05) is 5.32 Å². The number of anilines is 1. The lowest BCUT2D eigenvalue weighted by atomic mass is 10.1. The molecule has 0 atom stereocenters. The fourth-order valence-electron chi connectivity index (χ4n) is 2.53. The van der Waals surface area contributed by atoms with Gasteiger partial charge in [0.25, 0.3) is 5.91 Å². The highest BCUT2D eigenvalue weighted by molar-refractivity contribution is 6.03. The van der Waals surface area contributed by atoms with Gasteiger partial charge in [-0.1, -0.05) is 18.2 Å². The molecular formula is C20H14F3NO3.